The quantitative estimate of drug-likeness (QED) is 0.735. The molecule has 0 aliphatic heterocycles. The molecule has 0 bridgehead atoms. The molecule has 1 aromatic heterocycles. The van der Waals surface area contributed by atoms with Crippen LogP contribution < -0.4 is 4.74 Å². The zero-order valence-corrected chi connectivity index (χ0v) is 13.5. The maximum absolute atomic E-state index is 13.0. The number of aromatic nitrogens is 2. The molecule has 0 radical (unpaired) electrons. The second-order valence-corrected chi connectivity index (χ2v) is 5.91. The molecule has 0 fully saturated rings. The van der Waals surface area contributed by atoms with Gasteiger partial charge in [0.05, 0.1) is 18.5 Å². The number of allylic oxidation sites excluding steroid dienone is 1. The Hall–Kier alpha value is -3.21. The zero-order chi connectivity index (χ0) is 17.4. The van der Waals surface area contributed by atoms with Crippen LogP contribution >= 0.6 is 0 Å². The number of carbonyl (C=O) groups is 1. The maximum Gasteiger partial charge on any atom is 0.189 e. The Morgan fingerprint density at radius 1 is 1.16 bits per heavy atom. The summed E-state index contributed by atoms with van der Waals surface area (Å²) in [5.74, 6) is 0.481. The van der Waals surface area contributed by atoms with E-state index in [4.69, 9.17) is 4.74 Å². The van der Waals surface area contributed by atoms with Crippen molar-refractivity contribution in [2.45, 2.75) is 6.42 Å². The van der Waals surface area contributed by atoms with Gasteiger partial charge in [-0.2, -0.15) is 5.10 Å². The number of methoxy groups -OCH3 is 1. The summed E-state index contributed by atoms with van der Waals surface area (Å²) in [6, 6.07) is 13.5. The highest BCUT2D eigenvalue weighted by Crippen LogP contribution is 2.30. The molecule has 124 valence electrons. The van der Waals surface area contributed by atoms with E-state index in [0.29, 0.717) is 23.3 Å². The number of benzene rings is 2. The van der Waals surface area contributed by atoms with Gasteiger partial charge in [0.15, 0.2) is 5.78 Å². The van der Waals surface area contributed by atoms with Crippen molar-refractivity contribution in [3.8, 4) is 17.0 Å². The number of ether oxygens (including phenoxy) is 1. The minimum absolute atomic E-state index is 0.0237. The average molecular weight is 334 g/mol. The lowest BCUT2D eigenvalue weighted by Gasteiger charge is -2.01. The Bertz CT molecular complexity index is 987. The highest BCUT2D eigenvalue weighted by atomic mass is 19.1. The molecule has 0 unspecified atom stereocenters. The highest BCUT2D eigenvalue weighted by Gasteiger charge is 2.25. The fraction of sp³-hybridized carbons (Fsp3) is 0.100. The van der Waals surface area contributed by atoms with E-state index in [-0.39, 0.29) is 11.6 Å². The molecule has 4 rings (SSSR count). The van der Waals surface area contributed by atoms with E-state index in [1.54, 1.807) is 31.4 Å². The number of ketones is 1. The van der Waals surface area contributed by atoms with Gasteiger partial charge in [-0.05, 0) is 60.2 Å². The molecule has 0 amide bonds. The molecule has 2 aromatic carbocycles. The number of carbonyl (C=O) groups excluding carboxylic acids is 1. The third-order valence-corrected chi connectivity index (χ3v) is 4.30. The van der Waals surface area contributed by atoms with Gasteiger partial charge in [0.2, 0.25) is 0 Å². The summed E-state index contributed by atoms with van der Waals surface area (Å²) >= 11 is 0. The molecule has 0 saturated heterocycles. The SMILES string of the molecule is COc1ccc2c(c1)C/C(=C\c1cc(-c3ccc(F)cc3)n[nH]1)C2=O. The van der Waals surface area contributed by atoms with Crippen molar-refractivity contribution in [3.63, 3.8) is 0 Å². The maximum atomic E-state index is 13.0. The van der Waals surface area contributed by atoms with Crippen LogP contribution in [0.5, 0.6) is 5.75 Å². The van der Waals surface area contributed by atoms with Crippen molar-refractivity contribution >= 4 is 11.9 Å². The summed E-state index contributed by atoms with van der Waals surface area (Å²) in [6.07, 6.45) is 2.38. The molecule has 3 aromatic rings. The van der Waals surface area contributed by atoms with Crippen molar-refractivity contribution in [1.29, 1.82) is 0 Å². The summed E-state index contributed by atoms with van der Waals surface area (Å²) in [4.78, 5) is 12.5. The fourth-order valence-electron chi connectivity index (χ4n) is 3.01. The summed E-state index contributed by atoms with van der Waals surface area (Å²) in [7, 11) is 1.61. The molecule has 1 N–H and O–H groups in total. The van der Waals surface area contributed by atoms with E-state index in [9.17, 15) is 9.18 Å². The molecule has 0 atom stereocenters. The second kappa shape index (κ2) is 6.02. The highest BCUT2D eigenvalue weighted by molar-refractivity contribution is 6.15. The van der Waals surface area contributed by atoms with Crippen LogP contribution in [0.25, 0.3) is 17.3 Å². The second-order valence-electron chi connectivity index (χ2n) is 5.91. The number of hydrogen-bond acceptors (Lipinski definition) is 3. The van der Waals surface area contributed by atoms with Gasteiger partial charge < -0.3 is 4.74 Å². The number of nitrogens with zero attached hydrogens (tertiary/aromatic N) is 1. The monoisotopic (exact) mass is 334 g/mol. The normalized spacial score (nSPS) is 14.8. The first-order valence-corrected chi connectivity index (χ1v) is 7.87. The van der Waals surface area contributed by atoms with Crippen LogP contribution in [0.1, 0.15) is 21.6 Å². The molecule has 25 heavy (non-hydrogen) atoms. The molecule has 1 aliphatic carbocycles. The molecule has 1 heterocycles. The van der Waals surface area contributed by atoms with E-state index in [1.807, 2.05) is 18.2 Å². The van der Waals surface area contributed by atoms with E-state index < -0.39 is 0 Å². The summed E-state index contributed by atoms with van der Waals surface area (Å²) in [5.41, 5.74) is 4.64. The summed E-state index contributed by atoms with van der Waals surface area (Å²) < 4.78 is 18.2. The predicted octanol–water partition coefficient (Wildman–Crippen LogP) is 4.05. The van der Waals surface area contributed by atoms with E-state index >= 15 is 0 Å². The van der Waals surface area contributed by atoms with Crippen LogP contribution in [0.15, 0.2) is 54.1 Å². The van der Waals surface area contributed by atoms with Crippen LogP contribution in [0.3, 0.4) is 0 Å². The molecule has 0 saturated carbocycles. The number of hydrogen-bond donors (Lipinski definition) is 1. The van der Waals surface area contributed by atoms with Crippen molar-refractivity contribution in [2.24, 2.45) is 0 Å². The van der Waals surface area contributed by atoms with Gasteiger partial charge in [0, 0.05) is 23.1 Å². The number of nitrogens with one attached hydrogen (secondary N) is 1. The molecule has 5 heteroatoms. The third-order valence-electron chi connectivity index (χ3n) is 4.30. The van der Waals surface area contributed by atoms with Gasteiger partial charge in [0.25, 0.3) is 0 Å². The van der Waals surface area contributed by atoms with Gasteiger partial charge in [-0.1, -0.05) is 0 Å². The number of Topliss-reactive ketones (excluding diaryl/α,β-unsaturated/α-hetero) is 1. The molecule has 0 spiro atoms. The summed E-state index contributed by atoms with van der Waals surface area (Å²) in [6.45, 7) is 0. The lowest BCUT2D eigenvalue weighted by atomic mass is 10.1. The molecule has 4 nitrogen and oxygen atoms in total. The predicted molar refractivity (Wildman–Crippen MR) is 93.0 cm³/mol. The number of aromatic amines is 1. The number of rotatable bonds is 3. The van der Waals surface area contributed by atoms with Gasteiger partial charge in [-0.3, -0.25) is 9.89 Å². The Balaban J connectivity index is 1.62. The molecular weight excluding hydrogens is 319 g/mol. The number of fused-ring (bicyclic) bond motifs is 1. The Kier molecular flexibility index (Phi) is 3.69. The van der Waals surface area contributed by atoms with Crippen LogP contribution in [0.4, 0.5) is 4.39 Å². The Morgan fingerprint density at radius 2 is 1.96 bits per heavy atom. The number of halogens is 1. The van der Waals surface area contributed by atoms with Crippen molar-refractivity contribution in [3.05, 3.63) is 76.7 Å². The first-order chi connectivity index (χ1) is 12.1. The van der Waals surface area contributed by atoms with Crippen LogP contribution in [-0.2, 0) is 6.42 Å². The Labute approximate surface area is 144 Å². The standard InChI is InChI=1S/C20H15FN2O2/c1-25-17-6-7-18-13(10-17)8-14(20(18)24)9-16-11-19(23-22-16)12-2-4-15(21)5-3-12/h2-7,9-11H,8H2,1H3,(H,22,23)/b14-9+. The van der Waals surface area contributed by atoms with E-state index in [1.165, 1.54) is 12.1 Å². The van der Waals surface area contributed by atoms with Crippen molar-refractivity contribution in [1.82, 2.24) is 10.2 Å². The van der Waals surface area contributed by atoms with Gasteiger partial charge in [0.1, 0.15) is 11.6 Å². The first-order valence-electron chi connectivity index (χ1n) is 7.87. The zero-order valence-electron chi connectivity index (χ0n) is 13.5. The minimum Gasteiger partial charge on any atom is -0.497 e. The smallest absolute Gasteiger partial charge is 0.189 e. The third kappa shape index (κ3) is 2.85. The summed E-state index contributed by atoms with van der Waals surface area (Å²) in [5, 5.41) is 7.15. The van der Waals surface area contributed by atoms with Crippen molar-refractivity contribution in [2.75, 3.05) is 7.11 Å². The van der Waals surface area contributed by atoms with Crippen LogP contribution in [0, 0.1) is 5.82 Å². The number of H-pyrrole nitrogens is 1. The lowest BCUT2D eigenvalue weighted by Crippen LogP contribution is -1.95. The van der Waals surface area contributed by atoms with Gasteiger partial charge >= 0.3 is 0 Å². The van der Waals surface area contributed by atoms with E-state index in [2.05, 4.69) is 10.2 Å². The Morgan fingerprint density at radius 3 is 2.72 bits per heavy atom. The van der Waals surface area contributed by atoms with Gasteiger partial charge in [-0.25, -0.2) is 4.39 Å². The molecule has 1 aliphatic rings. The fourth-order valence-corrected chi connectivity index (χ4v) is 3.01. The van der Waals surface area contributed by atoms with Crippen LogP contribution in [-0.4, -0.2) is 23.1 Å². The average Bonchev–Trinajstić information content (AvgIpc) is 3.21. The van der Waals surface area contributed by atoms with E-state index in [0.717, 1.165) is 22.6 Å². The van der Waals surface area contributed by atoms with Crippen LogP contribution in [0.2, 0.25) is 0 Å². The molecular formula is C20H15FN2O2. The lowest BCUT2D eigenvalue weighted by molar-refractivity contribution is 0.104. The van der Waals surface area contributed by atoms with Gasteiger partial charge in [-0.15, -0.1) is 0 Å². The minimum atomic E-state index is -0.286. The topological polar surface area (TPSA) is 55.0 Å². The van der Waals surface area contributed by atoms with Crippen molar-refractivity contribution < 1.29 is 13.9 Å². The first kappa shape index (κ1) is 15.3. The largest absolute Gasteiger partial charge is 0.497 e.